The van der Waals surface area contributed by atoms with Crippen LogP contribution in [0.2, 0.25) is 0 Å². The van der Waals surface area contributed by atoms with E-state index in [9.17, 15) is 0 Å². The Kier molecular flexibility index (Phi) is 0.997. The van der Waals surface area contributed by atoms with Crippen LogP contribution < -0.4 is 0 Å². The van der Waals surface area contributed by atoms with Gasteiger partial charge in [-0.15, -0.1) is 0 Å². The van der Waals surface area contributed by atoms with Gasteiger partial charge in [-0.2, -0.15) is 0 Å². The summed E-state index contributed by atoms with van der Waals surface area (Å²) in [5.41, 5.74) is 3.29. The van der Waals surface area contributed by atoms with Crippen LogP contribution in [0.5, 0.6) is 0 Å². The van der Waals surface area contributed by atoms with E-state index in [-0.39, 0.29) is 0 Å². The fraction of sp³-hybridized carbons (Fsp3) is 0.556. The van der Waals surface area contributed by atoms with Crippen molar-refractivity contribution in [3.05, 3.63) is 23.7 Å². The van der Waals surface area contributed by atoms with Crippen LogP contribution >= 0.6 is 0 Å². The molecule has 0 N–H and O–H groups in total. The lowest BCUT2D eigenvalue weighted by molar-refractivity contribution is 0.383. The number of hydrogen-bond donors (Lipinski definition) is 0. The summed E-state index contributed by atoms with van der Waals surface area (Å²) in [4.78, 5) is 0. The normalized spacial score (nSPS) is 21.0. The van der Waals surface area contributed by atoms with Gasteiger partial charge < -0.3 is 4.42 Å². The molecule has 0 saturated heterocycles. The molecule has 2 rings (SSSR count). The van der Waals surface area contributed by atoms with E-state index in [1.54, 1.807) is 0 Å². The Morgan fingerprint density at radius 3 is 2.20 bits per heavy atom. The predicted molar refractivity (Wildman–Crippen MR) is 39.9 cm³/mol. The zero-order valence-corrected chi connectivity index (χ0v) is 6.48. The molecule has 0 fully saturated rings. The Bertz CT molecular complexity index is 222. The van der Waals surface area contributed by atoms with Crippen LogP contribution in [0.1, 0.15) is 25.0 Å². The minimum absolute atomic E-state index is 0.474. The topological polar surface area (TPSA) is 13.1 Å². The van der Waals surface area contributed by atoms with Crippen molar-refractivity contribution < 1.29 is 4.42 Å². The van der Waals surface area contributed by atoms with Crippen LogP contribution in [0.15, 0.2) is 16.9 Å². The zero-order chi connectivity index (χ0) is 7.19. The summed E-state index contributed by atoms with van der Waals surface area (Å²) >= 11 is 0. The highest BCUT2D eigenvalue weighted by Gasteiger charge is 2.29. The molecule has 10 heavy (non-hydrogen) atoms. The molecule has 1 nitrogen and oxygen atoms in total. The van der Waals surface area contributed by atoms with Gasteiger partial charge >= 0.3 is 0 Å². The summed E-state index contributed by atoms with van der Waals surface area (Å²) in [7, 11) is 0. The first kappa shape index (κ1) is 6.02. The fourth-order valence-electron chi connectivity index (χ4n) is 1.75. The van der Waals surface area contributed by atoms with E-state index in [0.717, 1.165) is 0 Å². The average Bonchev–Trinajstić information content (AvgIpc) is 2.20. The highest BCUT2D eigenvalue weighted by molar-refractivity contribution is 5.28. The molecule has 0 amide bonds. The van der Waals surface area contributed by atoms with E-state index in [2.05, 4.69) is 13.8 Å². The van der Waals surface area contributed by atoms with Crippen molar-refractivity contribution in [2.75, 3.05) is 0 Å². The van der Waals surface area contributed by atoms with Crippen LogP contribution in [-0.4, -0.2) is 0 Å². The Morgan fingerprint density at radius 1 is 1.20 bits per heavy atom. The lowest BCUT2D eigenvalue weighted by Crippen LogP contribution is -2.09. The van der Waals surface area contributed by atoms with Gasteiger partial charge in [0.15, 0.2) is 0 Å². The maximum Gasteiger partial charge on any atom is 0.0937 e. The quantitative estimate of drug-likeness (QED) is 0.533. The van der Waals surface area contributed by atoms with Gasteiger partial charge in [-0.05, 0) is 29.4 Å². The standard InChI is InChI=1S/C9H12O/c1-9(2)3-7-5-10-6-8(7)4-9/h5-6H,3-4H2,1-2H3. The van der Waals surface area contributed by atoms with Crippen molar-refractivity contribution in [3.8, 4) is 0 Å². The third-order valence-corrected chi connectivity index (χ3v) is 2.17. The summed E-state index contributed by atoms with van der Waals surface area (Å²) in [6.45, 7) is 4.60. The molecular weight excluding hydrogens is 124 g/mol. The van der Waals surface area contributed by atoms with E-state index >= 15 is 0 Å². The lowest BCUT2D eigenvalue weighted by Gasteiger charge is -2.14. The first-order chi connectivity index (χ1) is 4.67. The molecule has 1 aromatic heterocycles. The van der Waals surface area contributed by atoms with Gasteiger partial charge in [0.2, 0.25) is 0 Å². The molecule has 0 saturated carbocycles. The van der Waals surface area contributed by atoms with Crippen molar-refractivity contribution in [3.63, 3.8) is 0 Å². The van der Waals surface area contributed by atoms with Crippen molar-refractivity contribution in [1.29, 1.82) is 0 Å². The molecule has 1 aliphatic rings. The molecule has 0 atom stereocenters. The first-order valence-electron chi connectivity index (χ1n) is 3.71. The van der Waals surface area contributed by atoms with E-state index in [1.165, 1.54) is 24.0 Å². The van der Waals surface area contributed by atoms with Crippen LogP contribution in [0.25, 0.3) is 0 Å². The zero-order valence-electron chi connectivity index (χ0n) is 6.48. The smallest absolute Gasteiger partial charge is 0.0937 e. The van der Waals surface area contributed by atoms with Crippen LogP contribution in [0.4, 0.5) is 0 Å². The number of fused-ring (bicyclic) bond motifs is 1. The molecule has 1 aromatic rings. The van der Waals surface area contributed by atoms with Gasteiger partial charge in [-0.1, -0.05) is 13.8 Å². The van der Waals surface area contributed by atoms with Gasteiger partial charge in [0.25, 0.3) is 0 Å². The van der Waals surface area contributed by atoms with Gasteiger partial charge in [-0.3, -0.25) is 0 Å². The van der Waals surface area contributed by atoms with Crippen molar-refractivity contribution in [2.24, 2.45) is 5.41 Å². The molecule has 0 bridgehead atoms. The molecule has 0 radical (unpaired) electrons. The Balaban J connectivity index is 2.37. The van der Waals surface area contributed by atoms with Gasteiger partial charge in [0.1, 0.15) is 0 Å². The second kappa shape index (κ2) is 1.66. The number of hydrogen-bond acceptors (Lipinski definition) is 1. The lowest BCUT2D eigenvalue weighted by atomic mass is 9.90. The van der Waals surface area contributed by atoms with E-state index in [1.807, 2.05) is 12.5 Å². The Morgan fingerprint density at radius 2 is 1.70 bits per heavy atom. The monoisotopic (exact) mass is 136 g/mol. The maximum absolute atomic E-state index is 5.08. The molecule has 0 unspecified atom stereocenters. The largest absolute Gasteiger partial charge is 0.472 e. The summed E-state index contributed by atoms with van der Waals surface area (Å²) in [5.74, 6) is 0. The summed E-state index contributed by atoms with van der Waals surface area (Å²) < 4.78 is 5.08. The molecule has 0 aromatic carbocycles. The molecule has 1 aliphatic carbocycles. The summed E-state index contributed by atoms with van der Waals surface area (Å²) in [6, 6.07) is 0. The third-order valence-electron chi connectivity index (χ3n) is 2.17. The SMILES string of the molecule is CC1(C)Cc2cocc2C1. The van der Waals surface area contributed by atoms with Crippen molar-refractivity contribution in [2.45, 2.75) is 26.7 Å². The highest BCUT2D eigenvalue weighted by Crippen LogP contribution is 2.36. The van der Waals surface area contributed by atoms with E-state index < -0.39 is 0 Å². The highest BCUT2D eigenvalue weighted by atomic mass is 16.3. The molecule has 1 heteroatoms. The van der Waals surface area contributed by atoms with Gasteiger partial charge in [0, 0.05) is 0 Å². The van der Waals surface area contributed by atoms with Crippen LogP contribution in [0, 0.1) is 5.41 Å². The predicted octanol–water partition coefficient (Wildman–Crippen LogP) is 2.40. The molecule has 1 heterocycles. The number of furan rings is 1. The summed E-state index contributed by atoms with van der Waals surface area (Å²) in [6.07, 6.45) is 6.12. The first-order valence-corrected chi connectivity index (χ1v) is 3.71. The molecule has 0 spiro atoms. The van der Waals surface area contributed by atoms with Crippen molar-refractivity contribution >= 4 is 0 Å². The summed E-state index contributed by atoms with van der Waals surface area (Å²) in [5, 5.41) is 0. The fourth-order valence-corrected chi connectivity index (χ4v) is 1.75. The molecule has 0 aliphatic heterocycles. The van der Waals surface area contributed by atoms with E-state index in [4.69, 9.17) is 4.42 Å². The minimum atomic E-state index is 0.474. The Hall–Kier alpha value is -0.720. The van der Waals surface area contributed by atoms with E-state index in [0.29, 0.717) is 5.41 Å². The molecular formula is C9H12O. The number of rotatable bonds is 0. The average molecular weight is 136 g/mol. The van der Waals surface area contributed by atoms with Crippen molar-refractivity contribution in [1.82, 2.24) is 0 Å². The molecule has 54 valence electrons. The van der Waals surface area contributed by atoms with Crippen LogP contribution in [0.3, 0.4) is 0 Å². The minimum Gasteiger partial charge on any atom is -0.472 e. The second-order valence-electron chi connectivity index (χ2n) is 3.94. The van der Waals surface area contributed by atoms with Gasteiger partial charge in [-0.25, -0.2) is 0 Å². The second-order valence-corrected chi connectivity index (χ2v) is 3.94. The van der Waals surface area contributed by atoms with Crippen LogP contribution in [-0.2, 0) is 12.8 Å². The third kappa shape index (κ3) is 0.772. The van der Waals surface area contributed by atoms with Gasteiger partial charge in [0.05, 0.1) is 12.5 Å². The maximum atomic E-state index is 5.08. The Labute approximate surface area is 61.0 Å².